The maximum Gasteiger partial charge on any atom is 0.197 e. The van der Waals surface area contributed by atoms with Crippen LogP contribution in [0, 0.1) is 0 Å². The monoisotopic (exact) mass is 391 g/mol. The number of amidine groups is 2. The molecule has 0 bridgehead atoms. The first-order valence-electron chi connectivity index (χ1n) is 9.01. The van der Waals surface area contributed by atoms with Crippen LogP contribution in [-0.4, -0.2) is 50.9 Å². The average molecular weight is 392 g/mol. The van der Waals surface area contributed by atoms with Crippen LogP contribution in [0.3, 0.4) is 0 Å². The smallest absolute Gasteiger partial charge is 0.197 e. The van der Waals surface area contributed by atoms with Crippen molar-refractivity contribution in [2.75, 3.05) is 6.54 Å². The molecule has 0 amide bonds. The number of aldehydes is 1. The third kappa shape index (κ3) is 8.85. The SMILES string of the molecule is CC(C)=N/N=C1\S/C(=N/N=C(C)C)N(CCCCCC=O)\C1=N\N=C(C)C. The summed E-state index contributed by atoms with van der Waals surface area (Å²) in [6.07, 6.45) is 4.28. The number of unbranched alkanes of at least 4 members (excludes halogenated alkanes) is 3. The van der Waals surface area contributed by atoms with Crippen molar-refractivity contribution in [1.82, 2.24) is 4.90 Å². The molecule has 0 aromatic carbocycles. The summed E-state index contributed by atoms with van der Waals surface area (Å²) >= 11 is 1.39. The Morgan fingerprint density at radius 1 is 0.852 bits per heavy atom. The highest BCUT2D eigenvalue weighted by Gasteiger charge is 2.33. The van der Waals surface area contributed by atoms with Crippen LogP contribution in [-0.2, 0) is 4.79 Å². The number of rotatable bonds is 9. The number of hydrogen-bond donors (Lipinski definition) is 0. The highest BCUT2D eigenvalue weighted by atomic mass is 32.2. The standard InChI is InChI=1S/C18H29N7OS/c1-13(2)19-22-16-17(23-20-14(3)4)27-18(24-21-15(5)6)25(16)11-9-7-8-10-12-26/h12H,7-11H2,1-6H3/b22-16+,23-17-,24-18+. The predicted molar refractivity (Wildman–Crippen MR) is 117 cm³/mol. The van der Waals surface area contributed by atoms with Gasteiger partial charge in [0.15, 0.2) is 16.0 Å². The predicted octanol–water partition coefficient (Wildman–Crippen LogP) is 4.13. The van der Waals surface area contributed by atoms with Crippen molar-refractivity contribution in [1.29, 1.82) is 0 Å². The molecule has 0 aromatic rings. The van der Waals surface area contributed by atoms with Crippen LogP contribution in [0.2, 0.25) is 0 Å². The second kappa shape index (κ2) is 12.3. The minimum atomic E-state index is 0.590. The highest BCUT2D eigenvalue weighted by molar-refractivity contribution is 8.29. The van der Waals surface area contributed by atoms with Gasteiger partial charge in [-0.3, -0.25) is 4.90 Å². The van der Waals surface area contributed by atoms with E-state index in [1.165, 1.54) is 11.8 Å². The molecule has 1 aliphatic heterocycles. The van der Waals surface area contributed by atoms with E-state index in [9.17, 15) is 4.79 Å². The Bertz CT molecular complexity index is 692. The van der Waals surface area contributed by atoms with Crippen molar-refractivity contribution in [3.63, 3.8) is 0 Å². The lowest BCUT2D eigenvalue weighted by molar-refractivity contribution is -0.107. The van der Waals surface area contributed by atoms with Gasteiger partial charge in [-0.05, 0) is 66.1 Å². The van der Waals surface area contributed by atoms with Crippen LogP contribution in [0.25, 0.3) is 0 Å². The van der Waals surface area contributed by atoms with Crippen LogP contribution >= 0.6 is 11.8 Å². The van der Waals surface area contributed by atoms with Gasteiger partial charge in [0.2, 0.25) is 0 Å². The Labute approximate surface area is 165 Å². The topological polar surface area (TPSA) is 94.5 Å². The summed E-state index contributed by atoms with van der Waals surface area (Å²) in [5.41, 5.74) is 2.56. The molecule has 27 heavy (non-hydrogen) atoms. The summed E-state index contributed by atoms with van der Waals surface area (Å²) in [5, 5.41) is 27.0. The fraction of sp³-hybridized carbons (Fsp3) is 0.611. The van der Waals surface area contributed by atoms with Crippen molar-refractivity contribution in [3.05, 3.63) is 0 Å². The van der Waals surface area contributed by atoms with E-state index < -0.39 is 0 Å². The lowest BCUT2D eigenvalue weighted by Gasteiger charge is -2.16. The van der Waals surface area contributed by atoms with Gasteiger partial charge < -0.3 is 4.79 Å². The summed E-state index contributed by atoms with van der Waals surface area (Å²) in [6.45, 7) is 12.0. The van der Waals surface area contributed by atoms with E-state index in [0.717, 1.165) is 42.7 Å². The Balaban J connectivity index is 3.20. The minimum Gasteiger partial charge on any atom is -0.303 e. The molecular weight excluding hydrogens is 362 g/mol. The van der Waals surface area contributed by atoms with Gasteiger partial charge >= 0.3 is 0 Å². The lowest BCUT2D eigenvalue weighted by atomic mass is 10.2. The summed E-state index contributed by atoms with van der Waals surface area (Å²) in [4.78, 5) is 12.5. The fourth-order valence-corrected chi connectivity index (χ4v) is 2.81. The third-order valence-electron chi connectivity index (χ3n) is 3.09. The number of hydrogen-bond acceptors (Lipinski definition) is 8. The maximum absolute atomic E-state index is 10.5. The summed E-state index contributed by atoms with van der Waals surface area (Å²) in [7, 11) is 0. The molecule has 1 fully saturated rings. The Hall–Kier alpha value is -2.16. The maximum atomic E-state index is 10.5. The quantitative estimate of drug-likeness (QED) is 0.256. The summed E-state index contributed by atoms with van der Waals surface area (Å²) in [5.74, 6) is 0.629. The number of carbonyl (C=O) groups is 1. The van der Waals surface area contributed by atoms with Crippen molar-refractivity contribution >= 4 is 51.2 Å². The van der Waals surface area contributed by atoms with Crippen LogP contribution in [0.5, 0.6) is 0 Å². The molecule has 0 spiro atoms. The van der Waals surface area contributed by atoms with Gasteiger partial charge in [-0.15, -0.1) is 15.3 Å². The molecule has 0 N–H and O–H groups in total. The molecule has 0 aliphatic carbocycles. The van der Waals surface area contributed by atoms with Crippen LogP contribution < -0.4 is 0 Å². The molecule has 1 rings (SSSR count). The molecule has 148 valence electrons. The first-order valence-corrected chi connectivity index (χ1v) is 9.82. The number of nitrogens with zero attached hydrogens (tertiary/aromatic N) is 7. The van der Waals surface area contributed by atoms with E-state index in [1.807, 2.05) is 46.4 Å². The first-order chi connectivity index (χ1) is 12.8. The first kappa shape index (κ1) is 22.9. The Morgan fingerprint density at radius 2 is 1.44 bits per heavy atom. The van der Waals surface area contributed by atoms with E-state index in [-0.39, 0.29) is 0 Å². The van der Waals surface area contributed by atoms with Gasteiger partial charge in [0.1, 0.15) is 6.29 Å². The Kier molecular flexibility index (Phi) is 10.4. The summed E-state index contributed by atoms with van der Waals surface area (Å²) in [6, 6.07) is 0. The van der Waals surface area contributed by atoms with Crippen molar-refractivity contribution < 1.29 is 4.79 Å². The molecule has 0 unspecified atom stereocenters. The fourth-order valence-electron chi connectivity index (χ4n) is 1.94. The zero-order valence-corrected chi connectivity index (χ0v) is 17.9. The number of thioether (sulfide) groups is 1. The molecule has 8 nitrogen and oxygen atoms in total. The largest absolute Gasteiger partial charge is 0.303 e. The third-order valence-corrected chi connectivity index (χ3v) is 4.03. The van der Waals surface area contributed by atoms with Crippen molar-refractivity contribution in [2.45, 2.75) is 67.2 Å². The van der Waals surface area contributed by atoms with Crippen molar-refractivity contribution in [2.24, 2.45) is 30.6 Å². The van der Waals surface area contributed by atoms with Gasteiger partial charge in [-0.1, -0.05) is 6.42 Å². The van der Waals surface area contributed by atoms with E-state index in [2.05, 4.69) is 30.6 Å². The molecule has 0 saturated carbocycles. The normalized spacial score (nSPS) is 18.1. The molecular formula is C18H29N7OS. The van der Waals surface area contributed by atoms with Crippen LogP contribution in [0.15, 0.2) is 30.6 Å². The molecule has 0 radical (unpaired) electrons. The van der Waals surface area contributed by atoms with Gasteiger partial charge in [-0.2, -0.15) is 15.3 Å². The van der Waals surface area contributed by atoms with E-state index in [1.54, 1.807) is 0 Å². The zero-order valence-electron chi connectivity index (χ0n) is 17.1. The molecule has 0 atom stereocenters. The number of carbonyl (C=O) groups excluding carboxylic acids is 1. The van der Waals surface area contributed by atoms with Gasteiger partial charge in [0.05, 0.1) is 0 Å². The molecule has 1 aliphatic rings. The summed E-state index contributed by atoms with van der Waals surface area (Å²) < 4.78 is 0. The molecule has 9 heteroatoms. The van der Waals surface area contributed by atoms with E-state index in [4.69, 9.17) is 0 Å². The van der Waals surface area contributed by atoms with Gasteiger partial charge in [0.25, 0.3) is 0 Å². The van der Waals surface area contributed by atoms with Crippen LogP contribution in [0.1, 0.15) is 67.2 Å². The average Bonchev–Trinajstić information content (AvgIpc) is 2.92. The molecule has 1 saturated heterocycles. The zero-order chi connectivity index (χ0) is 20.2. The van der Waals surface area contributed by atoms with Crippen LogP contribution in [0.4, 0.5) is 0 Å². The lowest BCUT2D eigenvalue weighted by Crippen LogP contribution is -2.32. The molecule has 0 aromatic heterocycles. The minimum absolute atomic E-state index is 0.590. The molecule has 1 heterocycles. The van der Waals surface area contributed by atoms with E-state index in [0.29, 0.717) is 29.0 Å². The van der Waals surface area contributed by atoms with E-state index >= 15 is 0 Å². The second-order valence-corrected chi connectivity index (χ2v) is 7.58. The van der Waals surface area contributed by atoms with Crippen molar-refractivity contribution in [3.8, 4) is 0 Å². The second-order valence-electron chi connectivity index (χ2n) is 6.62. The Morgan fingerprint density at radius 3 is 2.04 bits per heavy atom. The van der Waals surface area contributed by atoms with Gasteiger partial charge in [-0.25, -0.2) is 0 Å². The highest BCUT2D eigenvalue weighted by Crippen LogP contribution is 2.25. The van der Waals surface area contributed by atoms with Gasteiger partial charge in [0, 0.05) is 30.1 Å².